The molecule has 0 heterocycles. The molecule has 0 aromatic heterocycles. The van der Waals surface area contributed by atoms with Crippen LogP contribution in [-0.2, 0) is 9.53 Å². The molecule has 2 rings (SSSR count). The fraction of sp³-hybridized carbons (Fsp3) is 0.167. The third-order valence-electron chi connectivity index (χ3n) is 3.25. The summed E-state index contributed by atoms with van der Waals surface area (Å²) in [5.74, 6) is -1.07. The van der Waals surface area contributed by atoms with Crippen LogP contribution in [-0.4, -0.2) is 29.4 Å². The molecule has 0 fully saturated rings. The average molecular weight is 327 g/mol. The Balaban J connectivity index is 1.91. The number of hydrogen-bond donors (Lipinski definition) is 2. The molecule has 0 radical (unpaired) electrons. The van der Waals surface area contributed by atoms with Crippen molar-refractivity contribution in [3.63, 3.8) is 0 Å². The molecule has 24 heavy (non-hydrogen) atoms. The van der Waals surface area contributed by atoms with Crippen LogP contribution in [0.2, 0.25) is 0 Å². The molecule has 2 N–H and O–H groups in total. The van der Waals surface area contributed by atoms with Crippen molar-refractivity contribution in [3.8, 4) is 5.75 Å². The monoisotopic (exact) mass is 327 g/mol. The van der Waals surface area contributed by atoms with Crippen molar-refractivity contribution in [1.82, 2.24) is 0 Å². The van der Waals surface area contributed by atoms with Gasteiger partial charge in [-0.2, -0.15) is 0 Å². The number of phenols is 1. The Hall–Kier alpha value is -3.15. The molecule has 124 valence electrons. The molecule has 0 atom stereocenters. The zero-order valence-corrected chi connectivity index (χ0v) is 13.1. The van der Waals surface area contributed by atoms with Gasteiger partial charge in [0, 0.05) is 17.7 Å². The lowest BCUT2D eigenvalue weighted by atomic mass is 10.1. The van der Waals surface area contributed by atoms with E-state index in [2.05, 4.69) is 5.32 Å². The van der Waals surface area contributed by atoms with Gasteiger partial charge in [0.15, 0.2) is 12.4 Å². The number of ether oxygens (including phenoxy) is 1. The van der Waals surface area contributed by atoms with Crippen molar-refractivity contribution in [3.05, 3.63) is 59.7 Å². The van der Waals surface area contributed by atoms with Crippen LogP contribution in [0.15, 0.2) is 48.5 Å². The van der Waals surface area contributed by atoms with Gasteiger partial charge < -0.3 is 15.2 Å². The maximum atomic E-state index is 12.0. The predicted molar refractivity (Wildman–Crippen MR) is 88.1 cm³/mol. The minimum absolute atomic E-state index is 0.0397. The summed E-state index contributed by atoms with van der Waals surface area (Å²) < 4.78 is 4.96. The number of carbonyl (C=O) groups is 3. The molecule has 0 saturated heterocycles. The van der Waals surface area contributed by atoms with Crippen molar-refractivity contribution in [2.45, 2.75) is 13.3 Å². The first-order chi connectivity index (χ1) is 11.5. The van der Waals surface area contributed by atoms with Gasteiger partial charge in [0.1, 0.15) is 5.75 Å². The second kappa shape index (κ2) is 7.92. The Morgan fingerprint density at radius 2 is 1.54 bits per heavy atom. The first-order valence-electron chi connectivity index (χ1n) is 7.39. The number of ketones is 1. The first-order valence-corrected chi connectivity index (χ1v) is 7.39. The summed E-state index contributed by atoms with van der Waals surface area (Å²) in [7, 11) is 0. The van der Waals surface area contributed by atoms with Gasteiger partial charge in [0.05, 0.1) is 5.56 Å². The second-order valence-electron chi connectivity index (χ2n) is 5.03. The lowest BCUT2D eigenvalue weighted by Gasteiger charge is -2.06. The molecule has 2 aromatic rings. The predicted octanol–water partition coefficient (Wildman–Crippen LogP) is 2.78. The summed E-state index contributed by atoms with van der Waals surface area (Å²) in [5, 5.41) is 11.8. The van der Waals surface area contributed by atoms with E-state index in [0.29, 0.717) is 17.7 Å². The van der Waals surface area contributed by atoms with Gasteiger partial charge in [-0.25, -0.2) is 4.79 Å². The lowest BCUT2D eigenvalue weighted by Crippen LogP contribution is -2.14. The van der Waals surface area contributed by atoms with E-state index < -0.39 is 5.97 Å². The Bertz CT molecular complexity index is 735. The van der Waals surface area contributed by atoms with Crippen LogP contribution < -0.4 is 5.32 Å². The van der Waals surface area contributed by atoms with E-state index in [-0.39, 0.29) is 29.6 Å². The van der Waals surface area contributed by atoms with Gasteiger partial charge in [0.25, 0.3) is 0 Å². The minimum Gasteiger partial charge on any atom is -0.508 e. The van der Waals surface area contributed by atoms with Crippen molar-refractivity contribution in [1.29, 1.82) is 0 Å². The molecule has 6 nitrogen and oxygen atoms in total. The third-order valence-corrected chi connectivity index (χ3v) is 3.25. The largest absolute Gasteiger partial charge is 0.508 e. The smallest absolute Gasteiger partial charge is 0.338 e. The first kappa shape index (κ1) is 17.2. The Labute approximate surface area is 139 Å². The molecule has 2 aromatic carbocycles. The van der Waals surface area contributed by atoms with Crippen molar-refractivity contribution in [2.75, 3.05) is 11.9 Å². The highest BCUT2D eigenvalue weighted by Crippen LogP contribution is 2.12. The Morgan fingerprint density at radius 3 is 2.12 bits per heavy atom. The van der Waals surface area contributed by atoms with E-state index in [4.69, 9.17) is 9.84 Å². The van der Waals surface area contributed by atoms with E-state index in [9.17, 15) is 14.4 Å². The van der Waals surface area contributed by atoms with Gasteiger partial charge in [-0.1, -0.05) is 6.92 Å². The van der Waals surface area contributed by atoms with Crippen molar-refractivity contribution >= 4 is 23.3 Å². The maximum absolute atomic E-state index is 12.0. The number of amides is 1. The molecule has 1 amide bonds. The van der Waals surface area contributed by atoms with Crippen LogP contribution >= 0.6 is 0 Å². The summed E-state index contributed by atoms with van der Waals surface area (Å²) in [6, 6.07) is 11.9. The molecule has 0 bridgehead atoms. The highest BCUT2D eigenvalue weighted by Gasteiger charge is 2.12. The van der Waals surface area contributed by atoms with Crippen LogP contribution in [0.1, 0.15) is 34.1 Å². The van der Waals surface area contributed by atoms with E-state index in [1.807, 2.05) is 0 Å². The average Bonchev–Trinajstić information content (AvgIpc) is 2.60. The minimum atomic E-state index is -0.643. The molecule has 0 unspecified atom stereocenters. The lowest BCUT2D eigenvalue weighted by molar-refractivity contribution is -0.115. The summed E-state index contributed by atoms with van der Waals surface area (Å²) in [6.07, 6.45) is 0.369. The molecule has 0 aliphatic heterocycles. The second-order valence-corrected chi connectivity index (χ2v) is 5.03. The number of phenolic OH excluding ortho intramolecular Hbond substituents is 1. The van der Waals surface area contributed by atoms with Gasteiger partial charge in [-0.3, -0.25) is 9.59 Å². The van der Waals surface area contributed by atoms with E-state index in [1.54, 1.807) is 31.2 Å². The number of anilines is 1. The summed E-state index contributed by atoms with van der Waals surface area (Å²) in [4.78, 5) is 35.1. The maximum Gasteiger partial charge on any atom is 0.338 e. The highest BCUT2D eigenvalue weighted by atomic mass is 16.5. The van der Waals surface area contributed by atoms with Gasteiger partial charge in [-0.05, 0) is 48.5 Å². The van der Waals surface area contributed by atoms with E-state index in [0.717, 1.165) is 0 Å². The van der Waals surface area contributed by atoms with Crippen molar-refractivity contribution < 1.29 is 24.2 Å². The Kier molecular flexibility index (Phi) is 5.68. The molecule has 0 spiro atoms. The molecule has 0 aliphatic rings. The number of rotatable bonds is 6. The number of benzene rings is 2. The summed E-state index contributed by atoms with van der Waals surface area (Å²) in [6.45, 7) is 1.36. The molecule has 0 aliphatic carbocycles. The van der Waals surface area contributed by atoms with Gasteiger partial charge in [0.2, 0.25) is 5.91 Å². The number of aromatic hydroxyl groups is 1. The number of carbonyl (C=O) groups excluding carboxylic acids is 3. The molecule has 6 heteroatoms. The number of hydrogen-bond acceptors (Lipinski definition) is 5. The van der Waals surface area contributed by atoms with Gasteiger partial charge in [-0.15, -0.1) is 0 Å². The van der Waals surface area contributed by atoms with Gasteiger partial charge >= 0.3 is 5.97 Å². The number of esters is 1. The normalized spacial score (nSPS) is 10.0. The fourth-order valence-corrected chi connectivity index (χ4v) is 1.88. The zero-order valence-electron chi connectivity index (χ0n) is 13.1. The van der Waals surface area contributed by atoms with Crippen LogP contribution in [0, 0.1) is 0 Å². The summed E-state index contributed by atoms with van der Waals surface area (Å²) in [5.41, 5.74) is 1.22. The molecular formula is C18H17NO5. The zero-order chi connectivity index (χ0) is 17.5. The topological polar surface area (TPSA) is 92.7 Å². The fourth-order valence-electron chi connectivity index (χ4n) is 1.88. The van der Waals surface area contributed by atoms with Crippen LogP contribution in [0.5, 0.6) is 5.75 Å². The Morgan fingerprint density at radius 1 is 0.958 bits per heavy atom. The molecule has 0 saturated carbocycles. The molecular weight excluding hydrogens is 310 g/mol. The quantitative estimate of drug-likeness (QED) is 0.628. The third kappa shape index (κ3) is 4.67. The number of Topliss-reactive ketones (excluding diaryl/α,β-unsaturated/α-hetero) is 1. The van der Waals surface area contributed by atoms with Crippen LogP contribution in [0.3, 0.4) is 0 Å². The highest BCUT2D eigenvalue weighted by molar-refractivity contribution is 6.00. The van der Waals surface area contributed by atoms with E-state index in [1.165, 1.54) is 24.3 Å². The number of nitrogens with one attached hydrogen (secondary N) is 1. The standard InChI is InChI=1S/C18H17NO5/c1-2-17(22)19-14-7-3-12(4-8-14)16(21)11-24-18(23)13-5-9-15(20)10-6-13/h3-10,20H,2,11H2,1H3,(H,19,22). The van der Waals surface area contributed by atoms with Crippen molar-refractivity contribution in [2.24, 2.45) is 0 Å². The van der Waals surface area contributed by atoms with Crippen LogP contribution in [0.4, 0.5) is 5.69 Å². The summed E-state index contributed by atoms with van der Waals surface area (Å²) >= 11 is 0. The van der Waals surface area contributed by atoms with E-state index >= 15 is 0 Å². The SMILES string of the molecule is CCC(=O)Nc1ccc(C(=O)COC(=O)c2ccc(O)cc2)cc1. The van der Waals surface area contributed by atoms with Crippen LogP contribution in [0.25, 0.3) is 0 Å².